The Morgan fingerprint density at radius 3 is 2.78 bits per heavy atom. The highest BCUT2D eigenvalue weighted by Crippen LogP contribution is 2.22. The molecule has 0 bridgehead atoms. The van der Waals surface area contributed by atoms with Crippen LogP contribution in [0.15, 0.2) is 41.2 Å². The van der Waals surface area contributed by atoms with Gasteiger partial charge < -0.3 is 25.3 Å². The average Bonchev–Trinajstić information content (AvgIpc) is 2.95. The van der Waals surface area contributed by atoms with Gasteiger partial charge >= 0.3 is 5.69 Å². The monoisotopic (exact) mass is 371 g/mol. The van der Waals surface area contributed by atoms with Gasteiger partial charge in [0.25, 0.3) is 5.91 Å². The summed E-state index contributed by atoms with van der Waals surface area (Å²) in [6, 6.07) is 9.14. The number of benzene rings is 2. The highest BCUT2D eigenvalue weighted by molar-refractivity contribution is 5.97. The standard InChI is InChI=1S/C19H21N3O5/c1-2-27-8-7-22-16-6-4-12(9-15(16)21-19(22)26)18(25)20-11-13-3-5-14(23)10-17(13)24/h3-6,9-10,23-24H,2,7-8,11H2,1H3,(H,20,25)(H,21,26). The van der Waals surface area contributed by atoms with E-state index >= 15 is 0 Å². The van der Waals surface area contributed by atoms with E-state index in [2.05, 4.69) is 10.3 Å². The predicted molar refractivity (Wildman–Crippen MR) is 100.0 cm³/mol. The van der Waals surface area contributed by atoms with Gasteiger partial charge in [-0.25, -0.2) is 4.79 Å². The number of amides is 1. The number of hydrogen-bond donors (Lipinski definition) is 4. The number of ether oxygens (including phenoxy) is 1. The lowest BCUT2D eigenvalue weighted by molar-refractivity contribution is 0.0951. The third-order valence-electron chi connectivity index (χ3n) is 4.21. The highest BCUT2D eigenvalue weighted by Gasteiger charge is 2.12. The molecule has 1 aromatic heterocycles. The molecule has 142 valence electrons. The van der Waals surface area contributed by atoms with Crippen LogP contribution in [0.5, 0.6) is 11.5 Å². The average molecular weight is 371 g/mol. The van der Waals surface area contributed by atoms with E-state index in [0.29, 0.717) is 41.9 Å². The van der Waals surface area contributed by atoms with Crippen LogP contribution in [0.3, 0.4) is 0 Å². The maximum Gasteiger partial charge on any atom is 0.326 e. The van der Waals surface area contributed by atoms with Crippen LogP contribution in [0.4, 0.5) is 0 Å². The van der Waals surface area contributed by atoms with Gasteiger partial charge in [0.05, 0.1) is 24.2 Å². The maximum atomic E-state index is 12.4. The van der Waals surface area contributed by atoms with Crippen molar-refractivity contribution in [2.45, 2.75) is 20.0 Å². The molecule has 0 unspecified atom stereocenters. The molecule has 4 N–H and O–H groups in total. The number of aromatic nitrogens is 2. The molecule has 0 radical (unpaired) electrons. The first-order chi connectivity index (χ1) is 13.0. The molecule has 1 amide bonds. The summed E-state index contributed by atoms with van der Waals surface area (Å²) < 4.78 is 6.86. The minimum atomic E-state index is -0.340. The summed E-state index contributed by atoms with van der Waals surface area (Å²) >= 11 is 0. The van der Waals surface area contributed by atoms with Gasteiger partial charge in [0.1, 0.15) is 11.5 Å². The molecular formula is C19H21N3O5. The summed E-state index contributed by atoms with van der Waals surface area (Å²) in [5.74, 6) is -0.487. The minimum absolute atomic E-state index is 0.0502. The van der Waals surface area contributed by atoms with Crippen LogP contribution in [-0.4, -0.2) is 38.9 Å². The molecule has 0 aliphatic rings. The lowest BCUT2D eigenvalue weighted by atomic mass is 10.1. The second-order valence-electron chi connectivity index (χ2n) is 6.01. The Morgan fingerprint density at radius 1 is 1.22 bits per heavy atom. The molecule has 2 aromatic carbocycles. The zero-order valence-electron chi connectivity index (χ0n) is 14.9. The molecular weight excluding hydrogens is 350 g/mol. The van der Waals surface area contributed by atoms with E-state index in [1.807, 2.05) is 6.92 Å². The van der Waals surface area contributed by atoms with Crippen LogP contribution >= 0.6 is 0 Å². The van der Waals surface area contributed by atoms with Crippen molar-refractivity contribution in [2.75, 3.05) is 13.2 Å². The minimum Gasteiger partial charge on any atom is -0.508 e. The second-order valence-corrected chi connectivity index (χ2v) is 6.01. The van der Waals surface area contributed by atoms with Crippen LogP contribution < -0.4 is 11.0 Å². The van der Waals surface area contributed by atoms with Crippen LogP contribution in [0.1, 0.15) is 22.8 Å². The van der Waals surface area contributed by atoms with Crippen LogP contribution in [0.2, 0.25) is 0 Å². The number of nitrogens with one attached hydrogen (secondary N) is 2. The number of fused-ring (bicyclic) bond motifs is 1. The molecule has 27 heavy (non-hydrogen) atoms. The van der Waals surface area contributed by atoms with Gasteiger partial charge in [-0.3, -0.25) is 9.36 Å². The smallest absolute Gasteiger partial charge is 0.326 e. The van der Waals surface area contributed by atoms with Crippen molar-refractivity contribution in [3.8, 4) is 11.5 Å². The summed E-state index contributed by atoms with van der Waals surface area (Å²) in [5.41, 5.74) is 1.89. The zero-order chi connectivity index (χ0) is 19.4. The summed E-state index contributed by atoms with van der Waals surface area (Å²) in [7, 11) is 0. The molecule has 3 aromatic rings. The number of H-pyrrole nitrogens is 1. The fourth-order valence-corrected chi connectivity index (χ4v) is 2.81. The third-order valence-corrected chi connectivity index (χ3v) is 4.21. The molecule has 0 saturated heterocycles. The van der Waals surface area contributed by atoms with Gasteiger partial charge in [-0.1, -0.05) is 0 Å². The second kappa shape index (κ2) is 7.96. The van der Waals surface area contributed by atoms with Gasteiger partial charge in [-0.2, -0.15) is 0 Å². The van der Waals surface area contributed by atoms with Crippen molar-refractivity contribution in [1.82, 2.24) is 14.9 Å². The first-order valence-electron chi connectivity index (χ1n) is 8.59. The van der Waals surface area contributed by atoms with Gasteiger partial charge in [-0.15, -0.1) is 0 Å². The lowest BCUT2D eigenvalue weighted by Crippen LogP contribution is -2.22. The number of hydrogen-bond acceptors (Lipinski definition) is 5. The molecule has 1 heterocycles. The topological polar surface area (TPSA) is 117 Å². The SMILES string of the molecule is CCOCCn1c(=O)[nH]c2cc(C(=O)NCc3ccc(O)cc3O)ccc21. The van der Waals surface area contributed by atoms with Crippen LogP contribution in [-0.2, 0) is 17.8 Å². The van der Waals surface area contributed by atoms with Gasteiger partial charge in [-0.05, 0) is 37.3 Å². The quantitative estimate of drug-likeness (QED) is 0.472. The normalized spacial score (nSPS) is 11.0. The first kappa shape index (κ1) is 18.5. The summed E-state index contributed by atoms with van der Waals surface area (Å²) in [5, 5.41) is 21.8. The molecule has 0 fully saturated rings. The third kappa shape index (κ3) is 4.12. The van der Waals surface area contributed by atoms with Crippen LogP contribution in [0.25, 0.3) is 11.0 Å². The number of aromatic hydroxyl groups is 2. The maximum absolute atomic E-state index is 12.4. The van der Waals surface area contributed by atoms with E-state index < -0.39 is 0 Å². The van der Waals surface area contributed by atoms with E-state index in [4.69, 9.17) is 4.74 Å². The largest absolute Gasteiger partial charge is 0.508 e. The van der Waals surface area contributed by atoms with E-state index in [1.54, 1.807) is 22.8 Å². The van der Waals surface area contributed by atoms with Gasteiger partial charge in [0.15, 0.2) is 0 Å². The number of nitrogens with zero attached hydrogens (tertiary/aromatic N) is 1. The molecule has 3 rings (SSSR count). The number of phenols is 2. The molecule has 8 heteroatoms. The number of phenolic OH excluding ortho intramolecular Hbond substituents is 2. The Balaban J connectivity index is 1.74. The Kier molecular flexibility index (Phi) is 5.46. The Morgan fingerprint density at radius 2 is 2.04 bits per heavy atom. The van der Waals surface area contributed by atoms with E-state index in [9.17, 15) is 19.8 Å². The summed E-state index contributed by atoms with van der Waals surface area (Å²) in [4.78, 5) is 27.2. The summed E-state index contributed by atoms with van der Waals surface area (Å²) in [6.07, 6.45) is 0. The predicted octanol–water partition coefficient (Wildman–Crippen LogP) is 1.71. The van der Waals surface area contributed by atoms with E-state index in [0.717, 1.165) is 0 Å². The summed E-state index contributed by atoms with van der Waals surface area (Å²) in [6.45, 7) is 3.44. The fraction of sp³-hybridized carbons (Fsp3) is 0.263. The van der Waals surface area contributed by atoms with Crippen LogP contribution in [0, 0.1) is 0 Å². The van der Waals surface area contributed by atoms with Crippen molar-refractivity contribution in [3.05, 3.63) is 58.0 Å². The molecule has 0 atom stereocenters. The van der Waals surface area contributed by atoms with Gasteiger partial charge in [0, 0.05) is 30.3 Å². The van der Waals surface area contributed by atoms with Gasteiger partial charge in [0.2, 0.25) is 0 Å². The molecule has 0 aliphatic heterocycles. The Labute approximate surface area is 155 Å². The molecule has 0 saturated carbocycles. The number of carbonyl (C=O) groups excluding carboxylic acids is 1. The van der Waals surface area contributed by atoms with Crippen molar-refractivity contribution in [2.24, 2.45) is 0 Å². The number of rotatable bonds is 7. The van der Waals surface area contributed by atoms with E-state index in [1.165, 1.54) is 18.2 Å². The number of carbonyl (C=O) groups is 1. The molecule has 0 spiro atoms. The molecule has 8 nitrogen and oxygen atoms in total. The fourth-order valence-electron chi connectivity index (χ4n) is 2.81. The van der Waals surface area contributed by atoms with Crippen molar-refractivity contribution in [1.29, 1.82) is 0 Å². The number of aromatic amines is 1. The Bertz CT molecular complexity index is 1020. The molecule has 0 aliphatic carbocycles. The first-order valence-corrected chi connectivity index (χ1v) is 8.59. The number of imidazole rings is 1. The van der Waals surface area contributed by atoms with Crippen molar-refractivity contribution in [3.63, 3.8) is 0 Å². The van der Waals surface area contributed by atoms with E-state index in [-0.39, 0.29) is 29.6 Å². The lowest BCUT2D eigenvalue weighted by Gasteiger charge is -2.08. The highest BCUT2D eigenvalue weighted by atomic mass is 16.5. The zero-order valence-corrected chi connectivity index (χ0v) is 14.9. The Hall–Kier alpha value is -3.26. The van der Waals surface area contributed by atoms with Crippen molar-refractivity contribution < 1.29 is 19.7 Å². The van der Waals surface area contributed by atoms with Crippen molar-refractivity contribution >= 4 is 16.9 Å².